The van der Waals surface area contributed by atoms with E-state index in [0.717, 1.165) is 12.3 Å². The van der Waals surface area contributed by atoms with E-state index in [1.165, 1.54) is 38.2 Å². The van der Waals surface area contributed by atoms with Gasteiger partial charge in [-0.2, -0.15) is 0 Å². The van der Waals surface area contributed by atoms with Gasteiger partial charge >= 0.3 is 6.09 Å². The normalized spacial score (nSPS) is 15.9. The van der Waals surface area contributed by atoms with Gasteiger partial charge in [-0.05, 0) is 36.6 Å². The summed E-state index contributed by atoms with van der Waals surface area (Å²) in [5.74, 6) is 1.08. The van der Waals surface area contributed by atoms with Gasteiger partial charge in [0.05, 0.1) is 12.7 Å². The summed E-state index contributed by atoms with van der Waals surface area (Å²) in [7, 11) is 1.45. The van der Waals surface area contributed by atoms with Crippen LogP contribution in [0.25, 0.3) is 0 Å². The van der Waals surface area contributed by atoms with E-state index in [2.05, 4.69) is 15.5 Å². The zero-order valence-electron chi connectivity index (χ0n) is 17.9. The molecule has 2 amide bonds. The molecule has 1 N–H and O–H groups in total. The lowest BCUT2D eigenvalue weighted by Crippen LogP contribution is -2.49. The minimum atomic E-state index is -0.535. The van der Waals surface area contributed by atoms with E-state index >= 15 is 0 Å². The number of rotatable bonds is 7. The monoisotopic (exact) mass is 443 g/mol. The number of halogens is 1. The predicted molar refractivity (Wildman–Crippen MR) is 114 cm³/mol. The minimum absolute atomic E-state index is 0.129. The summed E-state index contributed by atoms with van der Waals surface area (Å²) in [5.41, 5.74) is 0.206. The van der Waals surface area contributed by atoms with Crippen molar-refractivity contribution < 1.29 is 23.5 Å². The Balaban J connectivity index is 1.28. The van der Waals surface area contributed by atoms with E-state index in [-0.39, 0.29) is 17.4 Å². The molecule has 1 aliphatic carbocycles. The Kier molecular flexibility index (Phi) is 6.67. The first kappa shape index (κ1) is 21.8. The number of piperazine rings is 1. The Morgan fingerprint density at radius 3 is 2.56 bits per heavy atom. The van der Waals surface area contributed by atoms with Crippen LogP contribution in [0.3, 0.4) is 0 Å². The van der Waals surface area contributed by atoms with Crippen LogP contribution in [0.1, 0.15) is 29.6 Å². The van der Waals surface area contributed by atoms with Gasteiger partial charge in [-0.25, -0.2) is 9.18 Å². The molecular formula is C22H26FN5O4. The summed E-state index contributed by atoms with van der Waals surface area (Å²) in [6.07, 6.45) is 2.92. The Morgan fingerprint density at radius 1 is 1.12 bits per heavy atom. The number of carbonyl (C=O) groups is 2. The lowest BCUT2D eigenvalue weighted by molar-refractivity contribution is 0.0742. The topological polar surface area (TPSA) is 96.9 Å². The maximum atomic E-state index is 13.6. The smallest absolute Gasteiger partial charge is 0.413 e. The van der Waals surface area contributed by atoms with E-state index < -0.39 is 11.9 Å². The van der Waals surface area contributed by atoms with Crippen LogP contribution in [0, 0.1) is 11.7 Å². The maximum absolute atomic E-state index is 13.6. The standard InChI is InChI=1S/C22H26FN5O4/c1-31-18-5-4-16(23)14-17(18)21(29)28-12-10-27(11-13-28)19-6-7-20(26-25-19)32-22(30)24-9-8-15-2-3-15/h4-7,14-15H,2-3,8-13H2,1H3,(H,24,30). The molecular weight excluding hydrogens is 417 g/mol. The Morgan fingerprint density at radius 2 is 1.91 bits per heavy atom. The van der Waals surface area contributed by atoms with Gasteiger partial charge < -0.3 is 24.6 Å². The number of hydrogen-bond donors (Lipinski definition) is 1. The molecule has 4 rings (SSSR count). The van der Waals surface area contributed by atoms with Crippen LogP contribution >= 0.6 is 0 Å². The third-order valence-electron chi connectivity index (χ3n) is 5.62. The van der Waals surface area contributed by atoms with Gasteiger partial charge in [0.15, 0.2) is 5.82 Å². The summed E-state index contributed by atoms with van der Waals surface area (Å²) in [6.45, 7) is 2.57. The molecule has 2 heterocycles. The molecule has 10 heteroatoms. The van der Waals surface area contributed by atoms with Crippen molar-refractivity contribution in [3.63, 3.8) is 0 Å². The van der Waals surface area contributed by atoms with E-state index in [9.17, 15) is 14.0 Å². The van der Waals surface area contributed by atoms with E-state index in [4.69, 9.17) is 9.47 Å². The first-order chi connectivity index (χ1) is 15.5. The summed E-state index contributed by atoms with van der Waals surface area (Å²) >= 11 is 0. The highest BCUT2D eigenvalue weighted by atomic mass is 19.1. The van der Waals surface area contributed by atoms with Crippen molar-refractivity contribution in [3.05, 3.63) is 41.7 Å². The Bertz CT molecular complexity index is 959. The fourth-order valence-corrected chi connectivity index (χ4v) is 3.61. The number of hydrogen-bond acceptors (Lipinski definition) is 7. The van der Waals surface area contributed by atoms with Crippen LogP contribution in [-0.2, 0) is 0 Å². The molecule has 1 saturated heterocycles. The van der Waals surface area contributed by atoms with Crippen LogP contribution in [0.4, 0.5) is 15.0 Å². The molecule has 1 aliphatic heterocycles. The number of nitrogens with zero attached hydrogens (tertiary/aromatic N) is 4. The van der Waals surface area contributed by atoms with E-state index in [1.54, 1.807) is 17.0 Å². The summed E-state index contributed by atoms with van der Waals surface area (Å²) in [4.78, 5) is 28.3. The van der Waals surface area contributed by atoms with Gasteiger partial charge in [0.1, 0.15) is 11.6 Å². The summed E-state index contributed by atoms with van der Waals surface area (Å²) in [5, 5.41) is 10.8. The molecule has 1 aromatic carbocycles. The molecule has 2 fully saturated rings. The number of carbonyl (C=O) groups excluding carboxylic acids is 2. The Hall–Kier alpha value is -3.43. The molecule has 0 spiro atoms. The molecule has 32 heavy (non-hydrogen) atoms. The molecule has 1 aromatic heterocycles. The van der Waals surface area contributed by atoms with Crippen LogP contribution in [-0.4, -0.2) is 66.9 Å². The Labute approximate surface area is 185 Å². The van der Waals surface area contributed by atoms with Crippen molar-refractivity contribution in [3.8, 4) is 11.6 Å². The number of amides is 2. The maximum Gasteiger partial charge on any atom is 0.413 e. The zero-order valence-corrected chi connectivity index (χ0v) is 17.9. The van der Waals surface area contributed by atoms with Gasteiger partial charge in [-0.15, -0.1) is 10.2 Å². The van der Waals surface area contributed by atoms with Gasteiger partial charge in [-0.1, -0.05) is 12.8 Å². The minimum Gasteiger partial charge on any atom is -0.496 e. The second kappa shape index (κ2) is 9.80. The number of benzene rings is 1. The lowest BCUT2D eigenvalue weighted by Gasteiger charge is -2.35. The van der Waals surface area contributed by atoms with Crippen molar-refractivity contribution >= 4 is 17.8 Å². The fourth-order valence-electron chi connectivity index (χ4n) is 3.61. The fraction of sp³-hybridized carbons (Fsp3) is 0.455. The number of nitrogens with one attached hydrogen (secondary N) is 1. The lowest BCUT2D eigenvalue weighted by atomic mass is 10.1. The van der Waals surface area contributed by atoms with Gasteiger partial charge in [0.2, 0.25) is 5.88 Å². The predicted octanol–water partition coefficient (Wildman–Crippen LogP) is 2.48. The largest absolute Gasteiger partial charge is 0.496 e. The summed E-state index contributed by atoms with van der Waals surface area (Å²) < 4.78 is 24.0. The van der Waals surface area contributed by atoms with Crippen molar-refractivity contribution in [2.24, 2.45) is 5.92 Å². The molecule has 0 bridgehead atoms. The number of ether oxygens (including phenoxy) is 2. The molecule has 9 nitrogen and oxygen atoms in total. The van der Waals surface area contributed by atoms with Crippen molar-refractivity contribution in [2.75, 3.05) is 44.7 Å². The molecule has 1 saturated carbocycles. The molecule has 0 atom stereocenters. The second-order valence-electron chi connectivity index (χ2n) is 7.90. The molecule has 170 valence electrons. The highest BCUT2D eigenvalue weighted by Gasteiger charge is 2.25. The van der Waals surface area contributed by atoms with Crippen LogP contribution in [0.2, 0.25) is 0 Å². The second-order valence-corrected chi connectivity index (χ2v) is 7.90. The van der Waals surface area contributed by atoms with Crippen LogP contribution in [0.15, 0.2) is 30.3 Å². The average molecular weight is 443 g/mol. The highest BCUT2D eigenvalue weighted by molar-refractivity contribution is 5.97. The molecule has 2 aliphatic rings. The van der Waals surface area contributed by atoms with E-state index in [0.29, 0.717) is 44.3 Å². The quantitative estimate of drug-likeness (QED) is 0.702. The molecule has 0 unspecified atom stereocenters. The van der Waals surface area contributed by atoms with Crippen molar-refractivity contribution in [1.82, 2.24) is 20.4 Å². The third kappa shape index (κ3) is 5.43. The van der Waals surface area contributed by atoms with E-state index in [1.807, 2.05) is 4.90 Å². The van der Waals surface area contributed by atoms with Crippen LogP contribution in [0.5, 0.6) is 11.6 Å². The SMILES string of the molecule is COc1ccc(F)cc1C(=O)N1CCN(c2ccc(OC(=O)NCCC3CC3)nn2)CC1. The molecule has 0 radical (unpaired) electrons. The number of anilines is 1. The van der Waals surface area contributed by atoms with Crippen molar-refractivity contribution in [1.29, 1.82) is 0 Å². The van der Waals surface area contributed by atoms with Gasteiger partial charge in [0, 0.05) is 38.8 Å². The summed E-state index contributed by atoms with van der Waals surface area (Å²) in [6, 6.07) is 7.23. The van der Waals surface area contributed by atoms with Crippen molar-refractivity contribution in [2.45, 2.75) is 19.3 Å². The first-order valence-corrected chi connectivity index (χ1v) is 10.7. The zero-order chi connectivity index (χ0) is 22.5. The number of aromatic nitrogens is 2. The number of methoxy groups -OCH3 is 1. The van der Waals surface area contributed by atoms with Gasteiger partial charge in [-0.3, -0.25) is 4.79 Å². The first-order valence-electron chi connectivity index (χ1n) is 10.7. The third-order valence-corrected chi connectivity index (χ3v) is 5.62. The average Bonchev–Trinajstić information content (AvgIpc) is 3.64. The highest BCUT2D eigenvalue weighted by Crippen LogP contribution is 2.31. The molecule has 2 aromatic rings. The van der Waals surface area contributed by atoms with Gasteiger partial charge in [0.25, 0.3) is 5.91 Å². The van der Waals surface area contributed by atoms with Crippen LogP contribution < -0.4 is 19.7 Å².